The van der Waals surface area contributed by atoms with Gasteiger partial charge in [-0.2, -0.15) is 9.36 Å². The molecule has 1 heterocycles. The van der Waals surface area contributed by atoms with Gasteiger partial charge >= 0.3 is 0 Å². The summed E-state index contributed by atoms with van der Waals surface area (Å²) in [5, 5.41) is 3.08. The third-order valence-electron chi connectivity index (χ3n) is 3.16. The summed E-state index contributed by atoms with van der Waals surface area (Å²) in [7, 11) is 0. The smallest absolute Gasteiger partial charge is 0.257 e. The summed E-state index contributed by atoms with van der Waals surface area (Å²) < 4.78 is 22.5. The van der Waals surface area contributed by atoms with Crippen molar-refractivity contribution in [2.45, 2.75) is 6.92 Å². The van der Waals surface area contributed by atoms with Crippen molar-refractivity contribution in [3.8, 4) is 17.1 Å². The zero-order chi connectivity index (χ0) is 16.9. The van der Waals surface area contributed by atoms with E-state index in [0.717, 1.165) is 11.5 Å². The molecule has 0 bridgehead atoms. The molecule has 0 spiro atoms. The Morgan fingerprint density at radius 2 is 2.04 bits per heavy atom. The Morgan fingerprint density at radius 1 is 1.25 bits per heavy atom. The minimum atomic E-state index is -0.323. The lowest BCUT2D eigenvalue weighted by Gasteiger charge is -2.05. The van der Waals surface area contributed by atoms with Crippen LogP contribution in [0.5, 0.6) is 5.75 Å². The van der Waals surface area contributed by atoms with Crippen LogP contribution in [0.3, 0.4) is 0 Å². The molecule has 122 valence electrons. The fourth-order valence-electron chi connectivity index (χ4n) is 2.05. The van der Waals surface area contributed by atoms with Crippen molar-refractivity contribution in [2.75, 3.05) is 11.9 Å². The monoisotopic (exact) mass is 343 g/mol. The number of anilines is 1. The molecule has 24 heavy (non-hydrogen) atoms. The van der Waals surface area contributed by atoms with Crippen molar-refractivity contribution in [2.24, 2.45) is 0 Å². The highest BCUT2D eigenvalue weighted by Gasteiger charge is 2.12. The van der Waals surface area contributed by atoms with Gasteiger partial charge in [-0.05, 0) is 49.4 Å². The second kappa shape index (κ2) is 7.18. The molecule has 0 aliphatic rings. The van der Waals surface area contributed by atoms with Crippen LogP contribution in [-0.4, -0.2) is 21.9 Å². The van der Waals surface area contributed by atoms with Crippen molar-refractivity contribution >= 4 is 22.6 Å². The predicted octanol–water partition coefficient (Wildman–Crippen LogP) is 4.00. The first-order chi connectivity index (χ1) is 11.7. The van der Waals surface area contributed by atoms with Crippen molar-refractivity contribution in [3.63, 3.8) is 0 Å². The van der Waals surface area contributed by atoms with Gasteiger partial charge in [-0.3, -0.25) is 10.1 Å². The average molecular weight is 343 g/mol. The normalized spacial score (nSPS) is 10.4. The lowest BCUT2D eigenvalue weighted by atomic mass is 10.2. The number of carbonyl (C=O) groups is 1. The zero-order valence-electron chi connectivity index (χ0n) is 12.8. The minimum absolute atomic E-state index is 0.293. The number of hydrogen-bond acceptors (Lipinski definition) is 5. The first kappa shape index (κ1) is 16.1. The van der Waals surface area contributed by atoms with Crippen molar-refractivity contribution in [1.82, 2.24) is 9.36 Å². The molecule has 0 unspecified atom stereocenters. The Labute approximate surface area is 142 Å². The van der Waals surface area contributed by atoms with E-state index in [1.54, 1.807) is 36.4 Å². The summed E-state index contributed by atoms with van der Waals surface area (Å²) in [6.45, 7) is 2.41. The maximum absolute atomic E-state index is 12.9. The highest BCUT2D eigenvalue weighted by atomic mass is 32.1. The molecule has 3 aromatic rings. The first-order valence-corrected chi connectivity index (χ1v) is 8.07. The minimum Gasteiger partial charge on any atom is -0.494 e. The highest BCUT2D eigenvalue weighted by molar-refractivity contribution is 7.10. The summed E-state index contributed by atoms with van der Waals surface area (Å²) in [5.74, 6) is 0.461. The molecule has 0 aliphatic carbocycles. The van der Waals surface area contributed by atoms with Gasteiger partial charge in [0.1, 0.15) is 11.6 Å². The van der Waals surface area contributed by atoms with E-state index < -0.39 is 0 Å². The summed E-state index contributed by atoms with van der Waals surface area (Å²) in [6.07, 6.45) is 0. The van der Waals surface area contributed by atoms with Gasteiger partial charge in [0.15, 0.2) is 5.82 Å². The number of amides is 1. The van der Waals surface area contributed by atoms with Gasteiger partial charge in [-0.1, -0.05) is 6.07 Å². The molecule has 7 heteroatoms. The number of ether oxygens (including phenoxy) is 1. The molecule has 1 N–H and O–H groups in total. The molecule has 0 fully saturated rings. The number of nitrogens with zero attached hydrogens (tertiary/aromatic N) is 2. The lowest BCUT2D eigenvalue weighted by molar-refractivity contribution is 0.102. The Kier molecular flexibility index (Phi) is 4.81. The maximum Gasteiger partial charge on any atom is 0.257 e. The number of benzene rings is 2. The molecule has 0 atom stereocenters. The van der Waals surface area contributed by atoms with Gasteiger partial charge < -0.3 is 4.74 Å². The number of carbonyl (C=O) groups excluding carboxylic acids is 1. The van der Waals surface area contributed by atoms with Gasteiger partial charge in [-0.25, -0.2) is 4.39 Å². The van der Waals surface area contributed by atoms with Crippen LogP contribution in [0.2, 0.25) is 0 Å². The molecule has 0 aliphatic heterocycles. The number of rotatable bonds is 5. The van der Waals surface area contributed by atoms with Crippen molar-refractivity contribution < 1.29 is 13.9 Å². The van der Waals surface area contributed by atoms with Gasteiger partial charge in [0.05, 0.1) is 6.61 Å². The second-order valence-electron chi connectivity index (χ2n) is 4.84. The summed E-state index contributed by atoms with van der Waals surface area (Å²) in [6, 6.07) is 12.8. The topological polar surface area (TPSA) is 64.1 Å². The predicted molar refractivity (Wildman–Crippen MR) is 90.9 cm³/mol. The third kappa shape index (κ3) is 3.75. The van der Waals surface area contributed by atoms with Gasteiger partial charge in [0.2, 0.25) is 5.13 Å². The van der Waals surface area contributed by atoms with Gasteiger partial charge in [0.25, 0.3) is 5.91 Å². The van der Waals surface area contributed by atoms with Crippen LogP contribution in [0, 0.1) is 5.82 Å². The Hall–Kier alpha value is -2.80. The van der Waals surface area contributed by atoms with Crippen LogP contribution in [0.1, 0.15) is 17.3 Å². The van der Waals surface area contributed by atoms with Crippen molar-refractivity contribution in [3.05, 3.63) is 59.9 Å². The molecule has 0 radical (unpaired) electrons. The molecule has 5 nitrogen and oxygen atoms in total. The van der Waals surface area contributed by atoms with E-state index in [-0.39, 0.29) is 11.7 Å². The van der Waals surface area contributed by atoms with E-state index in [1.807, 2.05) is 6.92 Å². The third-order valence-corrected chi connectivity index (χ3v) is 3.79. The lowest BCUT2D eigenvalue weighted by Crippen LogP contribution is -2.11. The molecular weight excluding hydrogens is 329 g/mol. The van der Waals surface area contributed by atoms with Gasteiger partial charge in [0, 0.05) is 22.7 Å². The molecule has 1 aromatic heterocycles. The van der Waals surface area contributed by atoms with Crippen LogP contribution in [0.25, 0.3) is 11.4 Å². The van der Waals surface area contributed by atoms with E-state index in [0.29, 0.717) is 34.4 Å². The van der Waals surface area contributed by atoms with E-state index >= 15 is 0 Å². The molecule has 0 saturated heterocycles. The van der Waals surface area contributed by atoms with E-state index in [4.69, 9.17) is 4.74 Å². The summed E-state index contributed by atoms with van der Waals surface area (Å²) in [5.41, 5.74) is 1.16. The van der Waals surface area contributed by atoms with E-state index in [1.165, 1.54) is 12.1 Å². The quantitative estimate of drug-likeness (QED) is 0.761. The Bertz CT molecular complexity index is 849. The fourth-order valence-corrected chi connectivity index (χ4v) is 2.64. The number of halogens is 1. The van der Waals surface area contributed by atoms with Crippen molar-refractivity contribution in [1.29, 1.82) is 0 Å². The summed E-state index contributed by atoms with van der Waals surface area (Å²) >= 11 is 1.07. The average Bonchev–Trinajstić information content (AvgIpc) is 3.04. The van der Waals surface area contributed by atoms with E-state index in [2.05, 4.69) is 14.7 Å². The molecule has 0 saturated carbocycles. The molecule has 3 rings (SSSR count). The zero-order valence-corrected chi connectivity index (χ0v) is 13.6. The van der Waals surface area contributed by atoms with Crippen LogP contribution in [-0.2, 0) is 0 Å². The fraction of sp³-hybridized carbons (Fsp3) is 0.118. The van der Waals surface area contributed by atoms with E-state index in [9.17, 15) is 9.18 Å². The second-order valence-corrected chi connectivity index (χ2v) is 5.60. The SMILES string of the molecule is CCOc1cccc(C(=O)Nc2nc(-c3ccc(F)cc3)ns2)c1. The van der Waals surface area contributed by atoms with Crippen LogP contribution >= 0.6 is 11.5 Å². The largest absolute Gasteiger partial charge is 0.494 e. The molecule has 2 aromatic carbocycles. The molecule has 1 amide bonds. The van der Waals surface area contributed by atoms with Gasteiger partial charge in [-0.15, -0.1) is 0 Å². The first-order valence-electron chi connectivity index (χ1n) is 7.29. The standard InChI is InChI=1S/C17H14FN3O2S/c1-2-23-14-5-3-4-12(10-14)16(22)20-17-19-15(21-24-17)11-6-8-13(18)9-7-11/h3-10H,2H2,1H3,(H,19,20,21,22). The number of aromatic nitrogens is 2. The number of nitrogens with one attached hydrogen (secondary N) is 1. The Balaban J connectivity index is 1.73. The van der Waals surface area contributed by atoms with Crippen LogP contribution < -0.4 is 10.1 Å². The molecular formula is C17H14FN3O2S. The van der Waals surface area contributed by atoms with Crippen LogP contribution in [0.4, 0.5) is 9.52 Å². The maximum atomic E-state index is 12.9. The number of hydrogen-bond donors (Lipinski definition) is 1. The Morgan fingerprint density at radius 3 is 2.79 bits per heavy atom. The summed E-state index contributed by atoms with van der Waals surface area (Å²) in [4.78, 5) is 16.5. The highest BCUT2D eigenvalue weighted by Crippen LogP contribution is 2.22. The van der Waals surface area contributed by atoms with Crippen LogP contribution in [0.15, 0.2) is 48.5 Å².